The van der Waals surface area contributed by atoms with Crippen molar-refractivity contribution in [2.75, 3.05) is 6.61 Å². The fraction of sp³-hybridized carbons (Fsp3) is 0.500. The number of ketones is 1. The molecule has 1 aromatic heterocycles. The van der Waals surface area contributed by atoms with Gasteiger partial charge in [-0.05, 0) is 68.9 Å². The van der Waals surface area contributed by atoms with Gasteiger partial charge in [-0.1, -0.05) is 85.3 Å². The summed E-state index contributed by atoms with van der Waals surface area (Å²) in [5, 5.41) is 0. The third kappa shape index (κ3) is 11.6. The molecule has 1 aromatic rings. The summed E-state index contributed by atoms with van der Waals surface area (Å²) in [5.41, 5.74) is 6.55. The van der Waals surface area contributed by atoms with E-state index in [1.807, 2.05) is 40.7 Å². The van der Waals surface area contributed by atoms with Gasteiger partial charge in [0, 0.05) is 23.0 Å². The van der Waals surface area contributed by atoms with Crippen LogP contribution in [0.4, 0.5) is 0 Å². The topological polar surface area (TPSA) is 56.3 Å². The number of allylic oxidation sites excluding steroid dienone is 6. The highest BCUT2D eigenvalue weighted by molar-refractivity contribution is 5.95. The highest BCUT2D eigenvalue weighted by atomic mass is 16.5. The lowest BCUT2D eigenvalue weighted by molar-refractivity contribution is -0.142. The molecular weight excluding hydrogens is 470 g/mol. The molecule has 0 N–H and O–H groups in total. The first-order valence-corrected chi connectivity index (χ1v) is 13.9. The number of hydrogen-bond acceptors (Lipinski definition) is 4. The molecular formula is C34H51NO3. The molecule has 38 heavy (non-hydrogen) atoms. The van der Waals surface area contributed by atoms with Crippen LogP contribution in [0.2, 0.25) is 0 Å². The normalized spacial score (nSPS) is 14.9. The lowest BCUT2D eigenvalue weighted by atomic mass is 9.92. The summed E-state index contributed by atoms with van der Waals surface area (Å²) in [4.78, 5) is 28.9. The number of aromatic nitrogens is 1. The zero-order chi connectivity index (χ0) is 29.5. The second-order valence-electron chi connectivity index (χ2n) is 10.1. The Balaban J connectivity index is 0.00000255. The number of nitrogens with zero attached hydrogens (tertiary/aromatic N) is 1. The summed E-state index contributed by atoms with van der Waals surface area (Å²) in [6, 6.07) is 2.26. The number of carbonyl (C=O) groups excluding carboxylic acids is 2. The van der Waals surface area contributed by atoms with Gasteiger partial charge in [0.1, 0.15) is 6.61 Å². The number of ether oxygens (including phenoxy) is 1. The monoisotopic (exact) mass is 521 g/mol. The Bertz CT molecular complexity index is 1070. The van der Waals surface area contributed by atoms with Crippen molar-refractivity contribution < 1.29 is 14.3 Å². The molecule has 1 aliphatic rings. The Labute approximate surface area is 232 Å². The van der Waals surface area contributed by atoms with Gasteiger partial charge in [-0.2, -0.15) is 0 Å². The van der Waals surface area contributed by atoms with Crippen molar-refractivity contribution in [2.45, 2.75) is 95.4 Å². The maximum absolute atomic E-state index is 12.2. The molecule has 0 aromatic carbocycles. The predicted octanol–water partition coefficient (Wildman–Crippen LogP) is 9.22. The molecule has 0 radical (unpaired) electrons. The second kappa shape index (κ2) is 17.5. The van der Waals surface area contributed by atoms with Crippen LogP contribution in [-0.4, -0.2) is 23.3 Å². The molecule has 0 spiro atoms. The van der Waals surface area contributed by atoms with Gasteiger partial charge in [0.2, 0.25) is 0 Å². The zero-order valence-electron chi connectivity index (χ0n) is 25.8. The first-order valence-electron chi connectivity index (χ1n) is 13.9. The van der Waals surface area contributed by atoms with Crippen molar-refractivity contribution >= 4 is 29.5 Å². The van der Waals surface area contributed by atoms with E-state index in [1.54, 1.807) is 13.0 Å². The van der Waals surface area contributed by atoms with Crippen LogP contribution in [-0.2, 0) is 20.7 Å². The quantitative estimate of drug-likeness (QED) is 0.141. The fourth-order valence-electron chi connectivity index (χ4n) is 3.75. The van der Waals surface area contributed by atoms with E-state index in [9.17, 15) is 9.59 Å². The number of rotatable bonds is 9. The van der Waals surface area contributed by atoms with Crippen molar-refractivity contribution in [3.8, 4) is 0 Å². The van der Waals surface area contributed by atoms with E-state index in [2.05, 4.69) is 64.6 Å². The van der Waals surface area contributed by atoms with Crippen molar-refractivity contribution in [3.05, 3.63) is 70.6 Å². The van der Waals surface area contributed by atoms with Crippen LogP contribution in [0.3, 0.4) is 0 Å². The van der Waals surface area contributed by atoms with Gasteiger partial charge in [0.25, 0.3) is 0 Å². The summed E-state index contributed by atoms with van der Waals surface area (Å²) in [6.45, 7) is 25.3. The summed E-state index contributed by atoms with van der Waals surface area (Å²) >= 11 is 0. The van der Waals surface area contributed by atoms with Crippen molar-refractivity contribution in [2.24, 2.45) is 11.3 Å². The SMILES string of the molecule is C=CC.CC.CCC(=O)OC/C(C(C)=O)=C(C)/C=C(\C)c1nc2c(cc1CC(C)CC)C=CC(C)(C)C=C2. The number of hydrogen-bond donors (Lipinski definition) is 0. The Morgan fingerprint density at radius 1 is 1.11 bits per heavy atom. The number of Topliss-reactive ketones (excluding diaryl/α,β-unsaturated/α-hetero) is 1. The fourth-order valence-corrected chi connectivity index (χ4v) is 3.75. The average molecular weight is 522 g/mol. The molecule has 1 atom stereocenters. The number of fused-ring (bicyclic) bond motifs is 1. The predicted molar refractivity (Wildman–Crippen MR) is 165 cm³/mol. The van der Waals surface area contributed by atoms with Crippen molar-refractivity contribution in [3.63, 3.8) is 0 Å². The minimum atomic E-state index is -0.312. The van der Waals surface area contributed by atoms with Crippen LogP contribution in [0, 0.1) is 11.3 Å². The third-order valence-electron chi connectivity index (χ3n) is 6.16. The van der Waals surface area contributed by atoms with Gasteiger partial charge in [0.15, 0.2) is 5.78 Å². The van der Waals surface area contributed by atoms with Crippen LogP contribution >= 0.6 is 0 Å². The van der Waals surface area contributed by atoms with Crippen LogP contribution < -0.4 is 0 Å². The van der Waals surface area contributed by atoms with Gasteiger partial charge in [-0.15, -0.1) is 6.58 Å². The van der Waals surface area contributed by atoms with Crippen LogP contribution in [0.15, 0.2) is 48.1 Å². The molecule has 0 aliphatic heterocycles. The number of esters is 1. The molecule has 0 saturated heterocycles. The Kier molecular flexibility index (Phi) is 16.1. The molecule has 0 bridgehead atoms. The van der Waals surface area contributed by atoms with Gasteiger partial charge in [0.05, 0.1) is 11.4 Å². The van der Waals surface area contributed by atoms with E-state index >= 15 is 0 Å². The molecule has 2 rings (SSSR count). The van der Waals surface area contributed by atoms with Gasteiger partial charge < -0.3 is 4.74 Å². The maximum Gasteiger partial charge on any atom is 0.305 e. The Morgan fingerprint density at radius 2 is 1.68 bits per heavy atom. The molecule has 4 nitrogen and oxygen atoms in total. The first kappa shape index (κ1) is 35.0. The van der Waals surface area contributed by atoms with Crippen LogP contribution in [0.25, 0.3) is 17.7 Å². The van der Waals surface area contributed by atoms with Gasteiger partial charge in [-0.3, -0.25) is 9.59 Å². The van der Waals surface area contributed by atoms with E-state index in [4.69, 9.17) is 9.72 Å². The van der Waals surface area contributed by atoms with Crippen molar-refractivity contribution in [1.29, 1.82) is 0 Å². The third-order valence-corrected chi connectivity index (χ3v) is 6.16. The largest absolute Gasteiger partial charge is 0.461 e. The standard InChI is InChI=1S/C29H39NO3.C3H6.C2H6/c1-9-19(3)15-24-17-23-11-13-29(7,8)14-12-26(23)30-28(24)21(5)16-20(4)25(22(6)31)18-33-27(32)10-2;1-3-2;1-2/h11-14,16-17,19H,9-10,15,18H2,1-8H3;3H,1H2,2H3;1-2H3/b21-16+,25-20-;;. The molecule has 210 valence electrons. The highest BCUT2D eigenvalue weighted by Crippen LogP contribution is 2.31. The summed E-state index contributed by atoms with van der Waals surface area (Å²) < 4.78 is 5.24. The van der Waals surface area contributed by atoms with Crippen LogP contribution in [0.5, 0.6) is 0 Å². The van der Waals surface area contributed by atoms with Gasteiger partial charge in [-0.25, -0.2) is 4.98 Å². The van der Waals surface area contributed by atoms with E-state index < -0.39 is 0 Å². The summed E-state index contributed by atoms with van der Waals surface area (Å²) in [7, 11) is 0. The molecule has 0 saturated carbocycles. The first-order chi connectivity index (χ1) is 17.9. The lowest BCUT2D eigenvalue weighted by Gasteiger charge is -2.16. The Morgan fingerprint density at radius 3 is 2.21 bits per heavy atom. The zero-order valence-corrected chi connectivity index (χ0v) is 25.8. The maximum atomic E-state index is 12.2. The Hall–Kier alpha value is -3.01. The van der Waals surface area contributed by atoms with Gasteiger partial charge >= 0.3 is 5.97 Å². The summed E-state index contributed by atoms with van der Waals surface area (Å²) in [6.07, 6.45) is 14.7. The van der Waals surface area contributed by atoms with E-state index in [1.165, 1.54) is 12.5 Å². The molecule has 1 heterocycles. The number of carbonyl (C=O) groups is 2. The minimum absolute atomic E-state index is 0.00240. The second-order valence-corrected chi connectivity index (χ2v) is 10.1. The lowest BCUT2D eigenvalue weighted by Crippen LogP contribution is -2.12. The van der Waals surface area contributed by atoms with Crippen molar-refractivity contribution in [1.82, 2.24) is 4.98 Å². The number of pyridine rings is 1. The van der Waals surface area contributed by atoms with E-state index in [-0.39, 0.29) is 30.2 Å². The van der Waals surface area contributed by atoms with E-state index in [0.717, 1.165) is 40.9 Å². The minimum Gasteiger partial charge on any atom is -0.461 e. The average Bonchev–Trinajstić information content (AvgIpc) is 3.02. The molecule has 1 aliphatic carbocycles. The molecule has 0 fully saturated rings. The van der Waals surface area contributed by atoms with Crippen LogP contribution in [0.1, 0.15) is 112 Å². The molecule has 1 unspecified atom stereocenters. The smallest absolute Gasteiger partial charge is 0.305 e. The molecule has 4 heteroatoms. The summed E-state index contributed by atoms with van der Waals surface area (Å²) in [5.74, 6) is 0.134. The molecule has 0 amide bonds. The highest BCUT2D eigenvalue weighted by Gasteiger charge is 2.18. The van der Waals surface area contributed by atoms with E-state index in [0.29, 0.717) is 11.5 Å².